The maximum absolute atomic E-state index is 5.98. The van der Waals surface area contributed by atoms with E-state index in [-0.39, 0.29) is 0 Å². The van der Waals surface area contributed by atoms with Crippen molar-refractivity contribution < 1.29 is 0 Å². The van der Waals surface area contributed by atoms with Crippen LogP contribution in [0, 0.1) is 0 Å². The van der Waals surface area contributed by atoms with Crippen LogP contribution in [0.25, 0.3) is 11.1 Å². The highest BCUT2D eigenvalue weighted by molar-refractivity contribution is 6.30. The van der Waals surface area contributed by atoms with Gasteiger partial charge < -0.3 is 0 Å². The summed E-state index contributed by atoms with van der Waals surface area (Å²) in [6, 6.07) is 18.9. The van der Waals surface area contributed by atoms with Crippen LogP contribution in [0.5, 0.6) is 0 Å². The lowest BCUT2D eigenvalue weighted by atomic mass is 9.99. The van der Waals surface area contributed by atoms with E-state index in [1.165, 1.54) is 16.7 Å². The molecule has 2 heterocycles. The van der Waals surface area contributed by atoms with Crippen LogP contribution in [0.1, 0.15) is 16.7 Å². The van der Waals surface area contributed by atoms with Gasteiger partial charge in [-0.05, 0) is 46.9 Å². The average molecular weight is 335 g/mol. The molecule has 0 saturated carbocycles. The Hall–Kier alpha value is -2.16. The molecular formula is C21H19ClN2. The average Bonchev–Trinajstić information content (AvgIpc) is 2.62. The normalized spacial score (nSPS) is 14.4. The summed E-state index contributed by atoms with van der Waals surface area (Å²) in [5.41, 5.74) is 6.48. The number of hydrogen-bond acceptors (Lipinski definition) is 2. The lowest BCUT2D eigenvalue weighted by Gasteiger charge is -2.28. The Morgan fingerprint density at radius 1 is 0.917 bits per heavy atom. The maximum Gasteiger partial charge on any atom is 0.0406 e. The molecule has 3 aromatic rings. The Morgan fingerprint density at radius 3 is 2.54 bits per heavy atom. The van der Waals surface area contributed by atoms with Crippen molar-refractivity contribution in [1.82, 2.24) is 9.88 Å². The van der Waals surface area contributed by atoms with Gasteiger partial charge in [0.1, 0.15) is 0 Å². The first-order valence-corrected chi connectivity index (χ1v) is 8.65. The molecule has 4 rings (SSSR count). The zero-order valence-electron chi connectivity index (χ0n) is 13.5. The molecule has 0 radical (unpaired) electrons. The van der Waals surface area contributed by atoms with Gasteiger partial charge >= 0.3 is 0 Å². The number of hydrogen-bond donors (Lipinski definition) is 0. The van der Waals surface area contributed by atoms with Gasteiger partial charge in [0.25, 0.3) is 0 Å². The number of benzene rings is 2. The van der Waals surface area contributed by atoms with Crippen molar-refractivity contribution in [3.05, 3.63) is 88.7 Å². The van der Waals surface area contributed by atoms with Crippen molar-refractivity contribution >= 4 is 11.6 Å². The highest BCUT2D eigenvalue weighted by Crippen LogP contribution is 2.24. The summed E-state index contributed by atoms with van der Waals surface area (Å²) < 4.78 is 0. The molecule has 1 aliphatic heterocycles. The van der Waals surface area contributed by atoms with E-state index < -0.39 is 0 Å². The van der Waals surface area contributed by atoms with Gasteiger partial charge in [0.05, 0.1) is 0 Å². The predicted octanol–water partition coefficient (Wildman–Crippen LogP) is 4.96. The van der Waals surface area contributed by atoms with Crippen LogP contribution in [-0.2, 0) is 19.5 Å². The second-order valence-corrected chi connectivity index (χ2v) is 6.75. The summed E-state index contributed by atoms with van der Waals surface area (Å²) >= 11 is 5.98. The third-order valence-corrected chi connectivity index (χ3v) is 4.84. The predicted molar refractivity (Wildman–Crippen MR) is 98.9 cm³/mol. The van der Waals surface area contributed by atoms with Crippen LogP contribution in [0.15, 0.2) is 67.0 Å². The number of fused-ring (bicyclic) bond motifs is 1. The Morgan fingerprint density at radius 2 is 1.71 bits per heavy atom. The van der Waals surface area contributed by atoms with Gasteiger partial charge in [0, 0.05) is 42.6 Å². The van der Waals surface area contributed by atoms with Crippen molar-refractivity contribution in [2.24, 2.45) is 0 Å². The molecule has 2 aromatic carbocycles. The van der Waals surface area contributed by atoms with E-state index in [0.29, 0.717) is 0 Å². The highest BCUT2D eigenvalue weighted by Gasteiger charge is 2.16. The first-order chi connectivity index (χ1) is 11.8. The van der Waals surface area contributed by atoms with E-state index in [1.807, 2.05) is 36.7 Å². The largest absolute Gasteiger partial charge is 0.294 e. The molecule has 1 aliphatic rings. The summed E-state index contributed by atoms with van der Waals surface area (Å²) in [6.45, 7) is 3.05. The van der Waals surface area contributed by atoms with Gasteiger partial charge in [-0.25, -0.2) is 0 Å². The van der Waals surface area contributed by atoms with E-state index in [0.717, 1.165) is 42.2 Å². The van der Waals surface area contributed by atoms with E-state index in [9.17, 15) is 0 Å². The maximum atomic E-state index is 5.98. The number of pyridine rings is 1. The van der Waals surface area contributed by atoms with Crippen LogP contribution in [0.2, 0.25) is 5.02 Å². The SMILES string of the molecule is Clc1ccc(-c2cncc(CN3CCc4ccccc4C3)c2)cc1. The van der Waals surface area contributed by atoms with E-state index in [4.69, 9.17) is 11.6 Å². The van der Waals surface area contributed by atoms with E-state index >= 15 is 0 Å². The fraction of sp³-hybridized carbons (Fsp3) is 0.190. The number of aromatic nitrogens is 1. The molecule has 0 atom stereocenters. The van der Waals surface area contributed by atoms with Crippen molar-refractivity contribution in [2.75, 3.05) is 6.54 Å². The number of halogens is 1. The zero-order chi connectivity index (χ0) is 16.4. The molecule has 0 fully saturated rings. The third kappa shape index (κ3) is 3.35. The second-order valence-electron chi connectivity index (χ2n) is 6.32. The minimum absolute atomic E-state index is 0.759. The summed E-state index contributed by atoms with van der Waals surface area (Å²) in [6.07, 6.45) is 5.01. The molecule has 2 nitrogen and oxygen atoms in total. The topological polar surface area (TPSA) is 16.1 Å². The molecule has 24 heavy (non-hydrogen) atoms. The van der Waals surface area contributed by atoms with E-state index in [2.05, 4.69) is 40.2 Å². The second kappa shape index (κ2) is 6.76. The molecule has 0 saturated heterocycles. The fourth-order valence-electron chi connectivity index (χ4n) is 3.32. The molecule has 1 aromatic heterocycles. The standard InChI is InChI=1S/C21H19ClN2/c22-21-7-5-18(6-8-21)20-11-16(12-23-13-20)14-24-10-9-17-3-1-2-4-19(17)15-24/h1-8,11-13H,9-10,14-15H2. The molecular weight excluding hydrogens is 316 g/mol. The van der Waals surface area contributed by atoms with Crippen molar-refractivity contribution in [1.29, 1.82) is 0 Å². The highest BCUT2D eigenvalue weighted by atomic mass is 35.5. The van der Waals surface area contributed by atoms with Crippen molar-refractivity contribution in [3.63, 3.8) is 0 Å². The Kier molecular flexibility index (Phi) is 4.33. The Bertz CT molecular complexity index is 842. The summed E-state index contributed by atoms with van der Waals surface area (Å²) in [7, 11) is 0. The molecule has 0 amide bonds. The first kappa shape index (κ1) is 15.4. The van der Waals surface area contributed by atoms with E-state index in [1.54, 1.807) is 0 Å². The van der Waals surface area contributed by atoms with Gasteiger partial charge in [0.15, 0.2) is 0 Å². The molecule has 3 heteroatoms. The first-order valence-electron chi connectivity index (χ1n) is 8.27. The van der Waals surface area contributed by atoms with Crippen LogP contribution < -0.4 is 0 Å². The van der Waals surface area contributed by atoms with Crippen LogP contribution in [-0.4, -0.2) is 16.4 Å². The van der Waals surface area contributed by atoms with Gasteiger partial charge in [-0.3, -0.25) is 9.88 Å². The smallest absolute Gasteiger partial charge is 0.0406 e. The van der Waals surface area contributed by atoms with Crippen LogP contribution >= 0.6 is 11.6 Å². The Balaban J connectivity index is 1.52. The fourth-order valence-corrected chi connectivity index (χ4v) is 3.45. The molecule has 0 N–H and O–H groups in total. The molecule has 0 aliphatic carbocycles. The third-order valence-electron chi connectivity index (χ3n) is 4.59. The van der Waals surface area contributed by atoms with Crippen molar-refractivity contribution in [3.8, 4) is 11.1 Å². The lowest BCUT2D eigenvalue weighted by molar-refractivity contribution is 0.245. The van der Waals surface area contributed by atoms with Gasteiger partial charge in [0.2, 0.25) is 0 Å². The van der Waals surface area contributed by atoms with Crippen LogP contribution in [0.4, 0.5) is 0 Å². The number of nitrogens with zero attached hydrogens (tertiary/aromatic N) is 2. The summed E-state index contributed by atoms with van der Waals surface area (Å²) in [5, 5.41) is 0.759. The molecule has 0 unspecified atom stereocenters. The minimum atomic E-state index is 0.759. The molecule has 120 valence electrons. The quantitative estimate of drug-likeness (QED) is 0.673. The van der Waals surface area contributed by atoms with Gasteiger partial charge in [-0.2, -0.15) is 0 Å². The molecule has 0 spiro atoms. The molecule has 0 bridgehead atoms. The summed E-state index contributed by atoms with van der Waals surface area (Å²) in [5.74, 6) is 0. The number of rotatable bonds is 3. The Labute approximate surface area is 147 Å². The zero-order valence-corrected chi connectivity index (χ0v) is 14.2. The summed E-state index contributed by atoms with van der Waals surface area (Å²) in [4.78, 5) is 6.92. The van der Waals surface area contributed by atoms with Gasteiger partial charge in [-0.1, -0.05) is 48.0 Å². The van der Waals surface area contributed by atoms with Crippen LogP contribution in [0.3, 0.4) is 0 Å². The lowest BCUT2D eigenvalue weighted by Crippen LogP contribution is -2.30. The van der Waals surface area contributed by atoms with Gasteiger partial charge in [-0.15, -0.1) is 0 Å². The van der Waals surface area contributed by atoms with Crippen molar-refractivity contribution in [2.45, 2.75) is 19.5 Å². The minimum Gasteiger partial charge on any atom is -0.294 e. The monoisotopic (exact) mass is 334 g/mol.